The predicted molar refractivity (Wildman–Crippen MR) is 93.8 cm³/mol. The Hall–Kier alpha value is -2.66. The molecule has 1 saturated heterocycles. The molecule has 1 N–H and O–H groups in total. The molecule has 6 nitrogen and oxygen atoms in total. The van der Waals surface area contributed by atoms with E-state index in [2.05, 4.69) is 5.32 Å². The molecule has 1 fully saturated rings. The number of ether oxygens (including phenoxy) is 1. The third-order valence-electron chi connectivity index (χ3n) is 4.26. The lowest BCUT2D eigenvalue weighted by molar-refractivity contribution is -0.140. The Morgan fingerprint density at radius 2 is 1.62 bits per heavy atom. The van der Waals surface area contributed by atoms with Crippen molar-refractivity contribution in [1.82, 2.24) is 10.2 Å². The minimum absolute atomic E-state index is 0.230. The molecule has 29 heavy (non-hydrogen) atoms. The number of nitrogens with zero attached hydrogens (tertiary/aromatic N) is 1. The Morgan fingerprint density at radius 3 is 2.24 bits per heavy atom. The minimum atomic E-state index is -5.17. The second-order valence-corrected chi connectivity index (χ2v) is 8.05. The first-order chi connectivity index (χ1) is 13.6. The first kappa shape index (κ1) is 21.1. The summed E-state index contributed by atoms with van der Waals surface area (Å²) in [5.74, 6) is -2.15. The molecule has 156 valence electrons. The number of hydrogen-bond donors (Lipinski definition) is 1. The molecule has 0 aromatic heterocycles. The first-order valence-corrected chi connectivity index (χ1v) is 9.98. The van der Waals surface area contributed by atoms with Gasteiger partial charge in [-0.1, -0.05) is 18.2 Å². The molecule has 0 unspecified atom stereocenters. The van der Waals surface area contributed by atoms with E-state index in [0.717, 1.165) is 24.3 Å². The van der Waals surface area contributed by atoms with Crippen LogP contribution in [0.25, 0.3) is 0 Å². The minimum Gasteiger partial charge on any atom is -0.410 e. The first-order valence-electron chi connectivity index (χ1n) is 8.49. The highest BCUT2D eigenvalue weighted by atomic mass is 32.2. The van der Waals surface area contributed by atoms with E-state index in [0.29, 0.717) is 19.2 Å². The molecule has 0 radical (unpaired) electrons. The summed E-state index contributed by atoms with van der Waals surface area (Å²) in [6.07, 6.45) is -6.20. The summed E-state index contributed by atoms with van der Waals surface area (Å²) in [7, 11) is -4.88. The van der Waals surface area contributed by atoms with Crippen LogP contribution in [0.5, 0.6) is 5.75 Å². The normalized spacial score (nSPS) is 15.2. The van der Waals surface area contributed by atoms with Gasteiger partial charge in [-0.15, -0.1) is 0 Å². The van der Waals surface area contributed by atoms with Gasteiger partial charge in [0.05, 0.1) is 4.90 Å². The molecule has 2 aromatic rings. The van der Waals surface area contributed by atoms with Crippen molar-refractivity contribution in [3.05, 3.63) is 53.8 Å². The molecule has 2 aromatic carbocycles. The monoisotopic (exact) mass is 432 g/mol. The number of hydrogen-bond acceptors (Lipinski definition) is 5. The Labute approximate surface area is 164 Å². The molecule has 11 heteroatoms. The average molecular weight is 432 g/mol. The Balaban J connectivity index is 2.08. The van der Waals surface area contributed by atoms with E-state index in [9.17, 15) is 30.8 Å². The van der Waals surface area contributed by atoms with Gasteiger partial charge >= 0.3 is 12.3 Å². The third kappa shape index (κ3) is 4.35. The van der Waals surface area contributed by atoms with Crippen molar-refractivity contribution in [2.45, 2.75) is 16.0 Å². The van der Waals surface area contributed by atoms with Crippen LogP contribution in [0.15, 0.2) is 52.3 Å². The summed E-state index contributed by atoms with van der Waals surface area (Å²) in [4.78, 5) is 11.3. The number of halogens is 4. The quantitative estimate of drug-likeness (QED) is 0.755. The van der Waals surface area contributed by atoms with E-state index in [-0.39, 0.29) is 13.1 Å². The van der Waals surface area contributed by atoms with Gasteiger partial charge in [0.2, 0.25) is 9.84 Å². The van der Waals surface area contributed by atoms with Crippen molar-refractivity contribution in [3.8, 4) is 5.75 Å². The lowest BCUT2D eigenvalue weighted by Crippen LogP contribution is -2.47. The lowest BCUT2D eigenvalue weighted by atomic mass is 10.2. The van der Waals surface area contributed by atoms with Gasteiger partial charge in [-0.05, 0) is 24.3 Å². The van der Waals surface area contributed by atoms with E-state index in [1.165, 1.54) is 17.0 Å². The Bertz CT molecular complexity index is 1020. The molecular formula is C18H16F4N2O4S. The van der Waals surface area contributed by atoms with E-state index in [1.54, 1.807) is 0 Å². The van der Waals surface area contributed by atoms with Crippen LogP contribution in [0.3, 0.4) is 0 Å². The van der Waals surface area contributed by atoms with Crippen LogP contribution in [-0.2, 0) is 16.0 Å². The second kappa shape index (κ2) is 7.99. The number of benzene rings is 2. The fraction of sp³-hybridized carbons (Fsp3) is 0.278. The molecule has 0 atom stereocenters. The lowest BCUT2D eigenvalue weighted by Gasteiger charge is -2.27. The molecule has 1 aliphatic heterocycles. The molecular weight excluding hydrogens is 416 g/mol. The molecule has 0 saturated carbocycles. The zero-order chi connectivity index (χ0) is 21.2. The van der Waals surface area contributed by atoms with Gasteiger partial charge < -0.3 is 15.0 Å². The highest BCUT2D eigenvalue weighted by Gasteiger charge is 2.42. The standard InChI is InChI=1S/C18H16F4N2O4S/c19-12-4-1-2-6-14(12)29(26,27)15-7-3-5-13(16(15)18(20,21)22)28-17(25)24-10-8-23-9-11-24/h1-7,23H,8-11H2. The topological polar surface area (TPSA) is 75.7 Å². The van der Waals surface area contributed by atoms with Gasteiger partial charge in [0, 0.05) is 26.2 Å². The summed E-state index contributed by atoms with van der Waals surface area (Å²) >= 11 is 0. The maximum Gasteiger partial charge on any atom is 0.421 e. The molecule has 0 spiro atoms. The van der Waals surface area contributed by atoms with E-state index >= 15 is 0 Å². The SMILES string of the molecule is O=C(Oc1cccc(S(=O)(=O)c2ccccc2F)c1C(F)(F)F)N1CCNCC1. The summed E-state index contributed by atoms with van der Waals surface area (Å²) in [5.41, 5.74) is -1.66. The van der Waals surface area contributed by atoms with Crippen molar-refractivity contribution < 1.29 is 35.5 Å². The van der Waals surface area contributed by atoms with Crippen molar-refractivity contribution in [2.24, 2.45) is 0 Å². The predicted octanol–water partition coefficient (Wildman–Crippen LogP) is 3.08. The van der Waals surface area contributed by atoms with Gasteiger partial charge in [-0.3, -0.25) is 0 Å². The smallest absolute Gasteiger partial charge is 0.410 e. The number of sulfone groups is 1. The fourth-order valence-electron chi connectivity index (χ4n) is 2.89. The summed E-state index contributed by atoms with van der Waals surface area (Å²) in [6.45, 7) is 1.35. The average Bonchev–Trinajstić information content (AvgIpc) is 2.68. The Kier molecular flexibility index (Phi) is 5.80. The van der Waals surface area contributed by atoms with Crippen LogP contribution < -0.4 is 10.1 Å². The molecule has 0 bridgehead atoms. The highest BCUT2D eigenvalue weighted by molar-refractivity contribution is 7.91. The molecule has 3 rings (SSSR count). The second-order valence-electron chi connectivity index (χ2n) is 6.17. The van der Waals surface area contributed by atoms with Gasteiger partial charge in [-0.2, -0.15) is 13.2 Å². The maximum atomic E-state index is 14.0. The number of nitrogens with one attached hydrogen (secondary N) is 1. The third-order valence-corrected chi connectivity index (χ3v) is 6.09. The molecule has 1 aliphatic rings. The Morgan fingerprint density at radius 1 is 1.00 bits per heavy atom. The van der Waals surface area contributed by atoms with Crippen LogP contribution in [-0.4, -0.2) is 45.6 Å². The van der Waals surface area contributed by atoms with Crippen molar-refractivity contribution >= 4 is 15.9 Å². The maximum absolute atomic E-state index is 14.0. The number of alkyl halides is 3. The van der Waals surface area contributed by atoms with Crippen LogP contribution in [0, 0.1) is 5.82 Å². The largest absolute Gasteiger partial charge is 0.421 e. The van der Waals surface area contributed by atoms with Gasteiger partial charge in [0.1, 0.15) is 22.0 Å². The summed E-state index contributed by atoms with van der Waals surface area (Å²) in [6, 6.07) is 6.65. The number of amides is 1. The van der Waals surface area contributed by atoms with Crippen LogP contribution >= 0.6 is 0 Å². The number of piperazine rings is 1. The fourth-order valence-corrected chi connectivity index (χ4v) is 4.45. The number of carbonyl (C=O) groups is 1. The van der Waals surface area contributed by atoms with E-state index in [1.807, 2.05) is 0 Å². The van der Waals surface area contributed by atoms with E-state index in [4.69, 9.17) is 4.74 Å². The summed E-state index contributed by atoms with van der Waals surface area (Å²) < 4.78 is 85.7. The zero-order valence-corrected chi connectivity index (χ0v) is 15.7. The molecule has 1 amide bonds. The highest BCUT2D eigenvalue weighted by Crippen LogP contribution is 2.42. The molecule has 0 aliphatic carbocycles. The zero-order valence-electron chi connectivity index (χ0n) is 14.9. The van der Waals surface area contributed by atoms with Gasteiger partial charge in [0.15, 0.2) is 0 Å². The van der Waals surface area contributed by atoms with E-state index < -0.39 is 49.0 Å². The van der Waals surface area contributed by atoms with Crippen molar-refractivity contribution in [1.29, 1.82) is 0 Å². The van der Waals surface area contributed by atoms with Gasteiger partial charge in [-0.25, -0.2) is 17.6 Å². The van der Waals surface area contributed by atoms with Crippen molar-refractivity contribution in [2.75, 3.05) is 26.2 Å². The van der Waals surface area contributed by atoms with Crippen molar-refractivity contribution in [3.63, 3.8) is 0 Å². The van der Waals surface area contributed by atoms with Crippen LogP contribution in [0.2, 0.25) is 0 Å². The van der Waals surface area contributed by atoms with Gasteiger partial charge in [0.25, 0.3) is 0 Å². The summed E-state index contributed by atoms with van der Waals surface area (Å²) in [5, 5.41) is 2.98. The molecule has 1 heterocycles. The van der Waals surface area contributed by atoms with Crippen LogP contribution in [0.4, 0.5) is 22.4 Å². The number of carbonyl (C=O) groups excluding carboxylic acids is 1. The number of rotatable bonds is 3. The van der Waals surface area contributed by atoms with Crippen LogP contribution in [0.1, 0.15) is 5.56 Å².